The summed E-state index contributed by atoms with van der Waals surface area (Å²) in [6, 6.07) is 0.854. The van der Waals surface area contributed by atoms with Gasteiger partial charge in [-0.3, -0.25) is 4.98 Å². The van der Waals surface area contributed by atoms with Gasteiger partial charge in [0.1, 0.15) is 11.7 Å². The lowest BCUT2D eigenvalue weighted by Crippen LogP contribution is -2.34. The van der Waals surface area contributed by atoms with E-state index in [1.54, 1.807) is 20.8 Å². The van der Waals surface area contributed by atoms with Gasteiger partial charge in [-0.2, -0.15) is 0 Å². The maximum atomic E-state index is 13.3. The van der Waals surface area contributed by atoms with Crippen molar-refractivity contribution in [1.29, 1.82) is 0 Å². The van der Waals surface area contributed by atoms with Crippen molar-refractivity contribution in [2.45, 2.75) is 45.0 Å². The number of carbonyl (C=O) groups excluding carboxylic acids is 1. The van der Waals surface area contributed by atoms with E-state index in [4.69, 9.17) is 9.84 Å². The van der Waals surface area contributed by atoms with Gasteiger partial charge in [-0.1, -0.05) is 0 Å². The van der Waals surface area contributed by atoms with Crippen molar-refractivity contribution in [2.24, 2.45) is 0 Å². The Labute approximate surface area is 138 Å². The fourth-order valence-corrected chi connectivity index (χ4v) is 1.77. The molecule has 134 valence electrons. The van der Waals surface area contributed by atoms with Crippen molar-refractivity contribution in [2.75, 3.05) is 6.54 Å². The minimum Gasteiger partial charge on any atom is -0.478 e. The molecule has 2 atom stereocenters. The van der Waals surface area contributed by atoms with Gasteiger partial charge in [0.05, 0.1) is 23.6 Å². The van der Waals surface area contributed by atoms with Crippen LogP contribution in [-0.2, 0) is 4.74 Å². The minimum atomic E-state index is -1.52. The van der Waals surface area contributed by atoms with Crippen molar-refractivity contribution in [3.8, 4) is 0 Å². The van der Waals surface area contributed by atoms with E-state index in [1.165, 1.54) is 0 Å². The number of carbonyl (C=O) groups is 2. The van der Waals surface area contributed by atoms with Gasteiger partial charge in [0.25, 0.3) is 0 Å². The maximum absolute atomic E-state index is 13.3. The number of amides is 1. The smallest absolute Gasteiger partial charge is 0.407 e. The molecule has 2 unspecified atom stereocenters. The number of rotatable bonds is 6. The molecule has 4 N–H and O–H groups in total. The molecular formula is C15H21FN2O6. The highest BCUT2D eigenvalue weighted by Crippen LogP contribution is 2.19. The summed E-state index contributed by atoms with van der Waals surface area (Å²) >= 11 is 0. The first-order valence-electron chi connectivity index (χ1n) is 7.23. The number of hydrogen-bond acceptors (Lipinski definition) is 6. The Hall–Kier alpha value is -2.26. The SMILES string of the molecule is CC(C)(C)OC(=O)NCCC(O)C(O)c1cc(C(=O)O)c(F)cn1. The number of aromatic nitrogens is 1. The number of aromatic carboxylic acids is 1. The number of hydrogen-bond donors (Lipinski definition) is 4. The molecule has 0 aromatic carbocycles. The van der Waals surface area contributed by atoms with Gasteiger partial charge in [-0.25, -0.2) is 14.0 Å². The molecule has 1 heterocycles. The Balaban J connectivity index is 2.59. The summed E-state index contributed by atoms with van der Waals surface area (Å²) in [6.45, 7) is 5.11. The third kappa shape index (κ3) is 6.09. The normalized spacial score (nSPS) is 13.9. The first-order valence-corrected chi connectivity index (χ1v) is 7.23. The highest BCUT2D eigenvalue weighted by Gasteiger charge is 2.23. The van der Waals surface area contributed by atoms with Crippen LogP contribution < -0.4 is 5.32 Å². The predicted molar refractivity (Wildman–Crippen MR) is 81.0 cm³/mol. The molecular weight excluding hydrogens is 323 g/mol. The molecule has 0 fully saturated rings. The van der Waals surface area contributed by atoms with Gasteiger partial charge in [0.2, 0.25) is 0 Å². The van der Waals surface area contributed by atoms with Gasteiger partial charge in [0, 0.05) is 6.54 Å². The highest BCUT2D eigenvalue weighted by atomic mass is 19.1. The second-order valence-corrected chi connectivity index (χ2v) is 6.12. The van der Waals surface area contributed by atoms with E-state index in [2.05, 4.69) is 10.3 Å². The lowest BCUT2D eigenvalue weighted by molar-refractivity contribution is 0.00975. The third-order valence-corrected chi connectivity index (χ3v) is 2.88. The zero-order chi connectivity index (χ0) is 18.5. The Bertz CT molecular complexity index is 602. The molecule has 1 rings (SSSR count). The number of nitrogens with zero attached hydrogens (tertiary/aromatic N) is 1. The number of aliphatic hydroxyl groups is 2. The molecule has 1 amide bonds. The summed E-state index contributed by atoms with van der Waals surface area (Å²) in [7, 11) is 0. The minimum absolute atomic E-state index is 0.0140. The van der Waals surface area contributed by atoms with Gasteiger partial charge < -0.3 is 25.4 Å². The summed E-state index contributed by atoms with van der Waals surface area (Å²) in [6.07, 6.45) is -2.91. The van der Waals surface area contributed by atoms with Crippen LogP contribution in [0.5, 0.6) is 0 Å². The molecule has 0 spiro atoms. The highest BCUT2D eigenvalue weighted by molar-refractivity contribution is 5.87. The third-order valence-electron chi connectivity index (χ3n) is 2.88. The van der Waals surface area contributed by atoms with Crippen LogP contribution in [0.15, 0.2) is 12.3 Å². The summed E-state index contributed by atoms with van der Waals surface area (Å²) in [4.78, 5) is 25.9. The monoisotopic (exact) mass is 344 g/mol. The second kappa shape index (κ2) is 8.02. The van der Waals surface area contributed by atoms with E-state index < -0.39 is 41.3 Å². The second-order valence-electron chi connectivity index (χ2n) is 6.12. The molecule has 0 saturated heterocycles. The molecule has 1 aromatic rings. The molecule has 0 bridgehead atoms. The van der Waals surface area contributed by atoms with E-state index in [0.717, 1.165) is 6.07 Å². The number of ether oxygens (including phenoxy) is 1. The number of halogens is 1. The Morgan fingerprint density at radius 1 is 1.38 bits per heavy atom. The van der Waals surface area contributed by atoms with Gasteiger partial charge in [-0.15, -0.1) is 0 Å². The van der Waals surface area contributed by atoms with Crippen molar-refractivity contribution in [3.05, 3.63) is 29.3 Å². The summed E-state index contributed by atoms with van der Waals surface area (Å²) in [5, 5.41) is 31.1. The van der Waals surface area contributed by atoms with Gasteiger partial charge in [-0.05, 0) is 33.3 Å². The predicted octanol–water partition coefficient (Wildman–Crippen LogP) is 1.23. The van der Waals surface area contributed by atoms with Crippen LogP contribution in [-0.4, -0.2) is 50.6 Å². The summed E-state index contributed by atoms with van der Waals surface area (Å²) in [5.41, 5.74) is -1.50. The molecule has 0 aliphatic carbocycles. The van der Waals surface area contributed by atoms with Crippen molar-refractivity contribution in [3.63, 3.8) is 0 Å². The molecule has 0 saturated carbocycles. The molecule has 9 heteroatoms. The van der Waals surface area contributed by atoms with Crippen LogP contribution in [0.3, 0.4) is 0 Å². The zero-order valence-electron chi connectivity index (χ0n) is 13.6. The van der Waals surface area contributed by atoms with Crippen molar-refractivity contribution >= 4 is 12.1 Å². The number of carboxylic acids is 1. The first-order chi connectivity index (χ1) is 11.0. The average molecular weight is 344 g/mol. The van der Waals surface area contributed by atoms with Gasteiger partial charge in [0.15, 0.2) is 5.82 Å². The average Bonchev–Trinajstić information content (AvgIpc) is 2.44. The topological polar surface area (TPSA) is 129 Å². The van der Waals surface area contributed by atoms with Crippen LogP contribution in [0, 0.1) is 5.82 Å². The van der Waals surface area contributed by atoms with E-state index >= 15 is 0 Å². The fraction of sp³-hybridized carbons (Fsp3) is 0.533. The number of aliphatic hydroxyl groups excluding tert-OH is 2. The molecule has 0 aliphatic rings. The number of carboxylic acid groups (broad SMARTS) is 1. The standard InChI is InChI=1S/C15H21FN2O6/c1-15(2,3)24-14(23)17-5-4-11(19)12(20)10-6-8(13(21)22)9(16)7-18-10/h6-7,11-12,19-20H,4-5H2,1-3H3,(H,17,23)(H,21,22). The van der Waals surface area contributed by atoms with Crippen LogP contribution in [0.1, 0.15) is 49.3 Å². The quantitative estimate of drug-likeness (QED) is 0.611. The lowest BCUT2D eigenvalue weighted by atomic mass is 10.1. The lowest BCUT2D eigenvalue weighted by Gasteiger charge is -2.21. The molecule has 0 aliphatic heterocycles. The summed E-state index contributed by atoms with van der Waals surface area (Å²) < 4.78 is 18.3. The maximum Gasteiger partial charge on any atom is 0.407 e. The fourth-order valence-electron chi connectivity index (χ4n) is 1.77. The molecule has 8 nitrogen and oxygen atoms in total. The number of alkyl carbamates (subject to hydrolysis) is 1. The Morgan fingerprint density at radius 2 is 2.00 bits per heavy atom. The van der Waals surface area contributed by atoms with Crippen LogP contribution in [0.2, 0.25) is 0 Å². The van der Waals surface area contributed by atoms with Crippen LogP contribution >= 0.6 is 0 Å². The Morgan fingerprint density at radius 3 is 2.54 bits per heavy atom. The molecule has 24 heavy (non-hydrogen) atoms. The number of nitrogens with one attached hydrogen (secondary N) is 1. The van der Waals surface area contributed by atoms with E-state index in [1.807, 2.05) is 0 Å². The molecule has 1 aromatic heterocycles. The molecule has 0 radical (unpaired) electrons. The van der Waals surface area contributed by atoms with E-state index in [0.29, 0.717) is 6.20 Å². The zero-order valence-corrected chi connectivity index (χ0v) is 13.6. The number of pyridine rings is 1. The van der Waals surface area contributed by atoms with E-state index in [-0.39, 0.29) is 18.7 Å². The van der Waals surface area contributed by atoms with Crippen LogP contribution in [0.4, 0.5) is 9.18 Å². The largest absolute Gasteiger partial charge is 0.478 e. The first kappa shape index (κ1) is 19.8. The van der Waals surface area contributed by atoms with Crippen LogP contribution in [0.25, 0.3) is 0 Å². The Kier molecular flexibility index (Phi) is 6.61. The van der Waals surface area contributed by atoms with Gasteiger partial charge >= 0.3 is 12.1 Å². The summed E-state index contributed by atoms with van der Waals surface area (Å²) in [5.74, 6) is -2.55. The van der Waals surface area contributed by atoms with Crippen molar-refractivity contribution < 1.29 is 34.0 Å². The van der Waals surface area contributed by atoms with Crippen molar-refractivity contribution in [1.82, 2.24) is 10.3 Å². The van der Waals surface area contributed by atoms with E-state index in [9.17, 15) is 24.2 Å².